The number of anilines is 1. The molecular formula is C23H31N3S. The summed E-state index contributed by atoms with van der Waals surface area (Å²) < 4.78 is 1.38. The number of likely N-dealkylation sites (tertiary alicyclic amines) is 1. The molecule has 3 nitrogen and oxygen atoms in total. The van der Waals surface area contributed by atoms with E-state index in [1.165, 1.54) is 74.7 Å². The molecule has 0 radical (unpaired) electrons. The van der Waals surface area contributed by atoms with Crippen LogP contribution in [-0.4, -0.2) is 35.6 Å². The highest BCUT2D eigenvalue weighted by atomic mass is 32.1. The van der Waals surface area contributed by atoms with Crippen molar-refractivity contribution in [3.05, 3.63) is 23.3 Å². The molecule has 2 heterocycles. The van der Waals surface area contributed by atoms with Gasteiger partial charge in [-0.15, -0.1) is 0 Å². The number of benzene rings is 1. The van der Waals surface area contributed by atoms with E-state index in [-0.39, 0.29) is 0 Å². The Bertz CT molecular complexity index is 870. The molecule has 4 aliphatic rings. The Balaban J connectivity index is 1.45. The highest BCUT2D eigenvalue weighted by Crippen LogP contribution is 2.56. The van der Waals surface area contributed by atoms with E-state index in [2.05, 4.69) is 29.3 Å². The summed E-state index contributed by atoms with van der Waals surface area (Å²) in [5, 5.41) is 4.51. The monoisotopic (exact) mass is 381 g/mol. The van der Waals surface area contributed by atoms with Crippen LogP contribution >= 0.6 is 11.3 Å². The van der Waals surface area contributed by atoms with Gasteiger partial charge in [-0.3, -0.25) is 4.90 Å². The third-order valence-electron chi connectivity index (χ3n) is 7.97. The van der Waals surface area contributed by atoms with Gasteiger partial charge in [0.15, 0.2) is 5.13 Å². The van der Waals surface area contributed by atoms with Crippen LogP contribution in [0.1, 0.15) is 63.0 Å². The number of fused-ring (bicyclic) bond motifs is 2. The van der Waals surface area contributed by atoms with E-state index in [1.807, 2.05) is 11.3 Å². The number of piperidine rings is 1. The van der Waals surface area contributed by atoms with E-state index in [0.29, 0.717) is 5.41 Å². The summed E-state index contributed by atoms with van der Waals surface area (Å²) in [6, 6.07) is 5.82. The lowest BCUT2D eigenvalue weighted by molar-refractivity contribution is -0.0132. The van der Waals surface area contributed by atoms with Crippen LogP contribution in [0.25, 0.3) is 10.2 Å². The van der Waals surface area contributed by atoms with Crippen LogP contribution in [-0.2, 0) is 11.8 Å². The van der Waals surface area contributed by atoms with Crippen molar-refractivity contribution < 1.29 is 0 Å². The molecule has 3 atom stereocenters. The van der Waals surface area contributed by atoms with Crippen LogP contribution in [0.2, 0.25) is 0 Å². The van der Waals surface area contributed by atoms with E-state index in [0.717, 1.165) is 29.6 Å². The highest BCUT2D eigenvalue weighted by Gasteiger charge is 2.54. The molecule has 1 aromatic carbocycles. The fraction of sp³-hybridized carbons (Fsp3) is 0.696. The zero-order chi connectivity index (χ0) is 18.0. The second-order valence-corrected chi connectivity index (χ2v) is 10.5. The number of hydrogen-bond donors (Lipinski definition) is 1. The molecule has 3 fully saturated rings. The van der Waals surface area contributed by atoms with Crippen molar-refractivity contribution in [1.29, 1.82) is 0 Å². The fourth-order valence-corrected chi connectivity index (χ4v) is 7.58. The van der Waals surface area contributed by atoms with Gasteiger partial charge in [-0.2, -0.15) is 0 Å². The molecule has 2 bridgehead atoms. The summed E-state index contributed by atoms with van der Waals surface area (Å²) in [5.41, 5.74) is 5.02. The second-order valence-electron chi connectivity index (χ2n) is 9.49. The molecule has 0 spiro atoms. The molecule has 2 saturated carbocycles. The van der Waals surface area contributed by atoms with Crippen LogP contribution in [0.3, 0.4) is 0 Å². The Morgan fingerprint density at radius 2 is 2.15 bits per heavy atom. The lowest BCUT2D eigenvalue weighted by atomic mass is 9.52. The van der Waals surface area contributed by atoms with Gasteiger partial charge in [0.2, 0.25) is 0 Å². The molecule has 27 heavy (non-hydrogen) atoms. The predicted molar refractivity (Wildman–Crippen MR) is 114 cm³/mol. The van der Waals surface area contributed by atoms with Gasteiger partial charge in [0.1, 0.15) is 0 Å². The summed E-state index contributed by atoms with van der Waals surface area (Å²) in [4.78, 5) is 7.82. The van der Waals surface area contributed by atoms with E-state index < -0.39 is 0 Å². The lowest BCUT2D eigenvalue weighted by Gasteiger charge is -2.59. The average Bonchev–Trinajstić information content (AvgIpc) is 3.41. The first kappa shape index (κ1) is 16.8. The minimum absolute atomic E-state index is 0.451. The Hall–Kier alpha value is -1.13. The summed E-state index contributed by atoms with van der Waals surface area (Å²) in [6.07, 6.45) is 11.3. The van der Waals surface area contributed by atoms with Gasteiger partial charge in [-0.1, -0.05) is 24.2 Å². The third-order valence-corrected chi connectivity index (χ3v) is 8.95. The molecule has 1 N–H and O–H groups in total. The predicted octanol–water partition coefficient (Wildman–Crippen LogP) is 5.20. The second kappa shape index (κ2) is 6.18. The van der Waals surface area contributed by atoms with Crippen molar-refractivity contribution in [2.45, 2.75) is 69.7 Å². The molecular weight excluding hydrogens is 350 g/mol. The Morgan fingerprint density at radius 3 is 3.00 bits per heavy atom. The number of aromatic nitrogens is 1. The molecule has 144 valence electrons. The molecule has 1 aliphatic heterocycles. The standard InChI is InChI=1S/C23H31N3S/c1-2-24-22-25-19-13-18-16(12-21(19)27-22)11-20-17-5-3-4-8-23(17,18)9-10-26(20)14-15-6-7-15/h12-13,15,17,20H,2-11,14H2,1H3,(H,24,25)/t17-,20+,23+/m0/s1. The Morgan fingerprint density at radius 1 is 1.22 bits per heavy atom. The normalized spacial score (nSPS) is 32.9. The van der Waals surface area contributed by atoms with E-state index in [4.69, 9.17) is 4.98 Å². The van der Waals surface area contributed by atoms with E-state index >= 15 is 0 Å². The molecule has 6 rings (SSSR count). The van der Waals surface area contributed by atoms with E-state index in [9.17, 15) is 0 Å². The van der Waals surface area contributed by atoms with Crippen LogP contribution < -0.4 is 5.32 Å². The third kappa shape index (κ3) is 2.59. The van der Waals surface area contributed by atoms with Crippen LogP contribution in [0.15, 0.2) is 12.1 Å². The minimum Gasteiger partial charge on any atom is -0.362 e. The molecule has 2 aromatic rings. The summed E-state index contributed by atoms with van der Waals surface area (Å²) in [5.74, 6) is 1.89. The van der Waals surface area contributed by atoms with Crippen molar-refractivity contribution >= 4 is 26.7 Å². The van der Waals surface area contributed by atoms with Crippen molar-refractivity contribution in [1.82, 2.24) is 9.88 Å². The molecule has 4 heteroatoms. The van der Waals surface area contributed by atoms with E-state index in [1.54, 1.807) is 11.1 Å². The molecule has 3 aliphatic carbocycles. The summed E-state index contributed by atoms with van der Waals surface area (Å²) >= 11 is 1.84. The van der Waals surface area contributed by atoms with Gasteiger partial charge in [-0.25, -0.2) is 4.98 Å². The lowest BCUT2D eigenvalue weighted by Crippen LogP contribution is -2.61. The van der Waals surface area contributed by atoms with Crippen molar-refractivity contribution in [2.75, 3.05) is 25.0 Å². The Labute approximate surface area is 166 Å². The highest BCUT2D eigenvalue weighted by molar-refractivity contribution is 7.22. The van der Waals surface area contributed by atoms with Crippen molar-refractivity contribution in [3.63, 3.8) is 0 Å². The number of hydrogen-bond acceptors (Lipinski definition) is 4. The van der Waals surface area contributed by atoms with Gasteiger partial charge in [0.25, 0.3) is 0 Å². The van der Waals surface area contributed by atoms with Crippen molar-refractivity contribution in [3.8, 4) is 0 Å². The first-order valence-electron chi connectivity index (χ1n) is 11.2. The Kier molecular flexibility index (Phi) is 3.85. The molecule has 1 aromatic heterocycles. The van der Waals surface area contributed by atoms with Gasteiger partial charge >= 0.3 is 0 Å². The van der Waals surface area contributed by atoms with Gasteiger partial charge in [-0.05, 0) is 87.1 Å². The number of nitrogens with zero attached hydrogens (tertiary/aromatic N) is 2. The number of nitrogens with one attached hydrogen (secondary N) is 1. The molecule has 0 amide bonds. The largest absolute Gasteiger partial charge is 0.362 e. The maximum atomic E-state index is 4.91. The van der Waals surface area contributed by atoms with Crippen molar-refractivity contribution in [2.24, 2.45) is 11.8 Å². The topological polar surface area (TPSA) is 28.2 Å². The smallest absolute Gasteiger partial charge is 0.183 e. The number of thiazole rings is 1. The maximum Gasteiger partial charge on any atom is 0.183 e. The van der Waals surface area contributed by atoms with Crippen LogP contribution in [0, 0.1) is 11.8 Å². The van der Waals surface area contributed by atoms with Crippen LogP contribution in [0.5, 0.6) is 0 Å². The quantitative estimate of drug-likeness (QED) is 0.789. The number of rotatable bonds is 4. The van der Waals surface area contributed by atoms with Gasteiger partial charge in [0, 0.05) is 24.5 Å². The SMILES string of the molecule is CCNc1nc2cc3c(cc2s1)C[C@@H]1[C@@H]2CCCC[C@]32CCN1CC1CC1. The summed E-state index contributed by atoms with van der Waals surface area (Å²) in [7, 11) is 0. The average molecular weight is 382 g/mol. The molecule has 0 unspecified atom stereocenters. The summed E-state index contributed by atoms with van der Waals surface area (Å²) in [6.45, 7) is 5.80. The minimum atomic E-state index is 0.451. The van der Waals surface area contributed by atoms with Crippen LogP contribution in [0.4, 0.5) is 5.13 Å². The molecule has 1 saturated heterocycles. The zero-order valence-electron chi connectivity index (χ0n) is 16.5. The van der Waals surface area contributed by atoms with Gasteiger partial charge < -0.3 is 5.32 Å². The first-order valence-corrected chi connectivity index (χ1v) is 12.0. The maximum absolute atomic E-state index is 4.91. The zero-order valence-corrected chi connectivity index (χ0v) is 17.3. The fourth-order valence-electron chi connectivity index (χ4n) is 6.60. The van der Waals surface area contributed by atoms with Gasteiger partial charge in [0.05, 0.1) is 10.2 Å². The first-order chi connectivity index (χ1) is 13.3.